The van der Waals surface area contributed by atoms with Crippen molar-refractivity contribution < 1.29 is 0 Å². The molecule has 4 saturated carbocycles. The molecule has 0 spiro atoms. The maximum absolute atomic E-state index is 5.54. The fraction of sp³-hybridized carbons (Fsp3) is 0.848. The third-order valence-corrected chi connectivity index (χ3v) is 16.2. The summed E-state index contributed by atoms with van der Waals surface area (Å²) in [6, 6.07) is 7.05. The van der Waals surface area contributed by atoms with Crippen LogP contribution in [0.3, 0.4) is 0 Å². The Morgan fingerprint density at radius 1 is 0.722 bits per heavy atom. The standard InChI is InChI=1S/C33H53NS2/c1-22(2)35-32(28(5,6)24-14-16-30(32,9)18-24)20-26-12-11-13-27(34-26)21-33(36-23(3)4)29(7,8)25-15-17-31(33,10)19-25/h11-13,22-25H,14-21H2,1-10H3/t24-,25-,30+,31+,32-,33-/m0/s1. The first kappa shape index (κ1) is 27.4. The Hall–Kier alpha value is -0.150. The molecule has 0 saturated heterocycles. The second kappa shape index (κ2) is 8.67. The van der Waals surface area contributed by atoms with Crippen molar-refractivity contribution in [2.24, 2.45) is 33.5 Å². The molecule has 6 atom stereocenters. The van der Waals surface area contributed by atoms with Gasteiger partial charge in [0.1, 0.15) is 0 Å². The molecule has 4 aliphatic rings. The van der Waals surface area contributed by atoms with Crippen LogP contribution in [-0.4, -0.2) is 25.0 Å². The number of hydrogen-bond donors (Lipinski definition) is 0. The van der Waals surface area contributed by atoms with Gasteiger partial charge in [0.2, 0.25) is 0 Å². The van der Waals surface area contributed by atoms with Crippen LogP contribution in [0.4, 0.5) is 0 Å². The first-order chi connectivity index (χ1) is 16.6. The molecular weight excluding hydrogens is 475 g/mol. The summed E-state index contributed by atoms with van der Waals surface area (Å²) >= 11 is 4.57. The molecule has 4 aliphatic carbocycles. The molecule has 0 radical (unpaired) electrons. The maximum Gasteiger partial charge on any atom is 0.0421 e. The van der Waals surface area contributed by atoms with Crippen molar-refractivity contribution >= 4 is 23.5 Å². The highest BCUT2D eigenvalue weighted by atomic mass is 32.2. The van der Waals surface area contributed by atoms with E-state index in [1.54, 1.807) is 0 Å². The first-order valence-corrected chi connectivity index (χ1v) is 16.7. The Morgan fingerprint density at radius 2 is 1.11 bits per heavy atom. The van der Waals surface area contributed by atoms with Gasteiger partial charge in [-0.15, -0.1) is 0 Å². The van der Waals surface area contributed by atoms with Crippen LogP contribution >= 0.6 is 23.5 Å². The number of nitrogens with zero attached hydrogens (tertiary/aromatic N) is 1. The molecule has 36 heavy (non-hydrogen) atoms. The molecule has 1 nitrogen and oxygen atoms in total. The van der Waals surface area contributed by atoms with E-state index in [9.17, 15) is 0 Å². The van der Waals surface area contributed by atoms with Crippen LogP contribution in [0.1, 0.15) is 119 Å². The molecule has 4 fully saturated rings. The molecular formula is C33H53NS2. The number of hydrogen-bond acceptors (Lipinski definition) is 3. The van der Waals surface area contributed by atoms with Crippen LogP contribution < -0.4 is 0 Å². The van der Waals surface area contributed by atoms with E-state index in [0.29, 0.717) is 32.2 Å². The van der Waals surface area contributed by atoms with Crippen molar-refractivity contribution in [2.75, 3.05) is 0 Å². The number of rotatable bonds is 8. The van der Waals surface area contributed by atoms with E-state index < -0.39 is 0 Å². The summed E-state index contributed by atoms with van der Waals surface area (Å²) in [6.07, 6.45) is 10.7. The average Bonchev–Trinajstić information content (AvgIpc) is 3.43. The maximum atomic E-state index is 5.54. The van der Waals surface area contributed by atoms with Crippen LogP contribution in [0.5, 0.6) is 0 Å². The molecule has 4 bridgehead atoms. The van der Waals surface area contributed by atoms with Gasteiger partial charge in [-0.2, -0.15) is 23.5 Å². The number of aromatic nitrogens is 1. The molecule has 3 heteroatoms. The predicted octanol–water partition coefficient (Wildman–Crippen LogP) is 9.62. The van der Waals surface area contributed by atoms with Crippen molar-refractivity contribution in [1.29, 1.82) is 0 Å². The molecule has 5 rings (SSSR count). The highest BCUT2D eigenvalue weighted by molar-refractivity contribution is 8.01. The van der Waals surface area contributed by atoms with Gasteiger partial charge >= 0.3 is 0 Å². The highest BCUT2D eigenvalue weighted by Crippen LogP contribution is 2.75. The van der Waals surface area contributed by atoms with Gasteiger partial charge in [0.05, 0.1) is 0 Å². The minimum atomic E-state index is 0.269. The Kier molecular flexibility index (Phi) is 6.61. The quantitative estimate of drug-likeness (QED) is 0.334. The second-order valence-corrected chi connectivity index (χ2v) is 19.2. The predicted molar refractivity (Wildman–Crippen MR) is 161 cm³/mol. The Balaban J connectivity index is 1.51. The Labute approximate surface area is 231 Å². The van der Waals surface area contributed by atoms with E-state index in [1.165, 1.54) is 49.9 Å². The SMILES string of the molecule is CC(C)S[C@@]1(Cc2cccc(C[C@]3(SC(C)C)C(C)(C)[C@H]4CC[C@]3(C)C4)n2)C(C)(C)[C@H]2CC[C@]1(C)C2. The molecule has 1 heterocycles. The van der Waals surface area contributed by atoms with Crippen LogP contribution in [0.15, 0.2) is 18.2 Å². The normalized spacial score (nSPS) is 42.2. The summed E-state index contributed by atoms with van der Waals surface area (Å²) in [5.41, 5.74) is 4.23. The van der Waals surface area contributed by atoms with Gasteiger partial charge in [-0.1, -0.05) is 75.3 Å². The molecule has 1 aromatic rings. The van der Waals surface area contributed by atoms with E-state index >= 15 is 0 Å². The molecule has 0 amide bonds. The van der Waals surface area contributed by atoms with Crippen molar-refractivity contribution in [3.63, 3.8) is 0 Å². The topological polar surface area (TPSA) is 12.9 Å². The molecule has 0 aliphatic heterocycles. The lowest BCUT2D eigenvalue weighted by Gasteiger charge is -2.55. The monoisotopic (exact) mass is 527 g/mol. The fourth-order valence-electron chi connectivity index (χ4n) is 10.3. The molecule has 0 N–H and O–H groups in total. The average molecular weight is 528 g/mol. The fourth-order valence-corrected chi connectivity index (χ4v) is 14.2. The van der Waals surface area contributed by atoms with Crippen LogP contribution in [0.25, 0.3) is 0 Å². The Bertz CT molecular complexity index is 908. The summed E-state index contributed by atoms with van der Waals surface area (Å²) in [5, 5.41) is 1.29. The van der Waals surface area contributed by atoms with Crippen LogP contribution in [-0.2, 0) is 12.8 Å². The van der Waals surface area contributed by atoms with E-state index in [2.05, 4.69) is 111 Å². The van der Waals surface area contributed by atoms with E-state index in [-0.39, 0.29) is 9.49 Å². The second-order valence-electron chi connectivity index (χ2n) is 15.4. The Morgan fingerprint density at radius 3 is 1.42 bits per heavy atom. The van der Waals surface area contributed by atoms with Gasteiger partial charge in [0.25, 0.3) is 0 Å². The van der Waals surface area contributed by atoms with E-state index in [4.69, 9.17) is 4.98 Å². The summed E-state index contributed by atoms with van der Waals surface area (Å²) in [5.74, 6) is 1.72. The lowest BCUT2D eigenvalue weighted by atomic mass is 9.61. The van der Waals surface area contributed by atoms with Gasteiger partial charge in [-0.25, -0.2) is 0 Å². The number of fused-ring (bicyclic) bond motifs is 4. The molecule has 1 aromatic heterocycles. The van der Waals surface area contributed by atoms with Gasteiger partial charge < -0.3 is 0 Å². The number of pyridine rings is 1. The van der Waals surface area contributed by atoms with Crippen LogP contribution in [0, 0.1) is 33.5 Å². The first-order valence-electron chi connectivity index (χ1n) is 14.9. The van der Waals surface area contributed by atoms with Crippen molar-refractivity contribution in [3.05, 3.63) is 29.6 Å². The largest absolute Gasteiger partial charge is 0.258 e. The van der Waals surface area contributed by atoms with Crippen LogP contribution in [0.2, 0.25) is 0 Å². The minimum absolute atomic E-state index is 0.269. The molecule has 0 aromatic carbocycles. The van der Waals surface area contributed by atoms with E-state index in [0.717, 1.165) is 24.7 Å². The minimum Gasteiger partial charge on any atom is -0.258 e. The molecule has 202 valence electrons. The smallest absolute Gasteiger partial charge is 0.0421 e. The van der Waals surface area contributed by atoms with Gasteiger partial charge in [-0.05, 0) is 94.7 Å². The zero-order chi connectivity index (χ0) is 26.4. The number of thioether (sulfide) groups is 2. The third-order valence-electron chi connectivity index (χ3n) is 12.2. The van der Waals surface area contributed by atoms with Gasteiger partial charge in [0.15, 0.2) is 0 Å². The molecule has 0 unspecified atom stereocenters. The van der Waals surface area contributed by atoms with Crippen molar-refractivity contribution in [3.8, 4) is 0 Å². The third kappa shape index (κ3) is 3.66. The van der Waals surface area contributed by atoms with Gasteiger partial charge in [0, 0.05) is 33.7 Å². The van der Waals surface area contributed by atoms with Crippen molar-refractivity contribution in [1.82, 2.24) is 4.98 Å². The zero-order valence-electron chi connectivity index (χ0n) is 25.0. The van der Waals surface area contributed by atoms with E-state index in [1.807, 2.05) is 0 Å². The summed E-state index contributed by atoms with van der Waals surface area (Å²) in [6.45, 7) is 25.2. The summed E-state index contributed by atoms with van der Waals surface area (Å²) in [7, 11) is 0. The lowest BCUT2D eigenvalue weighted by Crippen LogP contribution is -2.54. The zero-order valence-corrected chi connectivity index (χ0v) is 26.6. The lowest BCUT2D eigenvalue weighted by molar-refractivity contribution is 0.105. The summed E-state index contributed by atoms with van der Waals surface area (Å²) in [4.78, 5) is 5.54. The van der Waals surface area contributed by atoms with Crippen molar-refractivity contribution in [2.45, 2.75) is 141 Å². The summed E-state index contributed by atoms with van der Waals surface area (Å²) < 4.78 is 0.537. The van der Waals surface area contributed by atoms with Gasteiger partial charge in [-0.3, -0.25) is 4.98 Å². The highest BCUT2D eigenvalue weighted by Gasteiger charge is 2.70.